The number of hydrogen-bond donors (Lipinski definition) is 0. The van der Waals surface area contributed by atoms with Crippen molar-refractivity contribution in [2.45, 2.75) is 6.54 Å². The summed E-state index contributed by atoms with van der Waals surface area (Å²) in [6.45, 7) is 0.674. The molecule has 0 spiro atoms. The van der Waals surface area contributed by atoms with Crippen LogP contribution in [0.15, 0.2) is 73.2 Å². The van der Waals surface area contributed by atoms with E-state index in [0.29, 0.717) is 12.4 Å². The highest BCUT2D eigenvalue weighted by Gasteiger charge is 2.13. The van der Waals surface area contributed by atoms with Gasteiger partial charge in [-0.1, -0.05) is 60.7 Å². The molecule has 0 N–H and O–H groups in total. The summed E-state index contributed by atoms with van der Waals surface area (Å²) < 4.78 is 3.60. The normalized spacial score (nSPS) is 11.4. The highest BCUT2D eigenvalue weighted by Crippen LogP contribution is 2.21. The lowest BCUT2D eigenvalue weighted by atomic mass is 10.2. The van der Waals surface area contributed by atoms with E-state index in [9.17, 15) is 0 Å². The summed E-state index contributed by atoms with van der Waals surface area (Å²) in [4.78, 5) is 9.22. The summed E-state index contributed by atoms with van der Waals surface area (Å²) in [6.07, 6.45) is 3.50. The minimum atomic E-state index is 0.674. The van der Waals surface area contributed by atoms with E-state index in [1.165, 1.54) is 5.56 Å². The maximum Gasteiger partial charge on any atom is 0.182 e. The molecule has 0 atom stereocenters. The van der Waals surface area contributed by atoms with Crippen molar-refractivity contribution >= 4 is 16.7 Å². The number of fused-ring (bicyclic) bond motifs is 3. The van der Waals surface area contributed by atoms with Gasteiger partial charge in [0.15, 0.2) is 17.1 Å². The lowest BCUT2D eigenvalue weighted by Crippen LogP contribution is -2.03. The van der Waals surface area contributed by atoms with Gasteiger partial charge in [0.2, 0.25) is 0 Å². The molecule has 6 heteroatoms. The Morgan fingerprint density at radius 1 is 0.840 bits per heavy atom. The zero-order valence-corrected chi connectivity index (χ0v) is 13.3. The van der Waals surface area contributed by atoms with Crippen LogP contribution in [-0.2, 0) is 6.54 Å². The molecule has 3 heterocycles. The second kappa shape index (κ2) is 5.52. The van der Waals surface area contributed by atoms with Gasteiger partial charge < -0.3 is 0 Å². The Balaban J connectivity index is 1.63. The quantitative estimate of drug-likeness (QED) is 0.511. The molecule has 0 aliphatic heterocycles. The van der Waals surface area contributed by atoms with Crippen LogP contribution < -0.4 is 0 Å². The van der Waals surface area contributed by atoms with Crippen LogP contribution >= 0.6 is 0 Å². The van der Waals surface area contributed by atoms with Gasteiger partial charge >= 0.3 is 0 Å². The van der Waals surface area contributed by atoms with Crippen LogP contribution in [-0.4, -0.2) is 29.4 Å². The van der Waals surface area contributed by atoms with E-state index in [1.807, 2.05) is 59.4 Å². The second-order valence-corrected chi connectivity index (χ2v) is 5.84. The average molecular weight is 326 g/mol. The van der Waals surface area contributed by atoms with E-state index in [0.717, 1.165) is 22.2 Å². The SMILES string of the molecule is c1ccc(Cn2ncc3c2ncn2nc(-c4ccccc4)nc32)cc1. The molecule has 0 saturated heterocycles. The number of rotatable bonds is 3. The summed E-state index contributed by atoms with van der Waals surface area (Å²) in [5.41, 5.74) is 3.74. The Morgan fingerprint density at radius 3 is 2.40 bits per heavy atom. The van der Waals surface area contributed by atoms with Crippen LogP contribution in [0.5, 0.6) is 0 Å². The lowest BCUT2D eigenvalue weighted by Gasteiger charge is -2.02. The van der Waals surface area contributed by atoms with E-state index in [4.69, 9.17) is 4.98 Å². The highest BCUT2D eigenvalue weighted by molar-refractivity contribution is 5.89. The van der Waals surface area contributed by atoms with Gasteiger partial charge in [0.25, 0.3) is 0 Å². The third-order valence-electron chi connectivity index (χ3n) is 4.18. The van der Waals surface area contributed by atoms with Crippen molar-refractivity contribution in [1.82, 2.24) is 29.4 Å². The van der Waals surface area contributed by atoms with Crippen molar-refractivity contribution in [3.8, 4) is 11.4 Å². The molecule has 3 aromatic heterocycles. The fourth-order valence-electron chi connectivity index (χ4n) is 2.95. The maximum atomic E-state index is 4.69. The third-order valence-corrected chi connectivity index (χ3v) is 4.18. The zero-order chi connectivity index (χ0) is 16.6. The van der Waals surface area contributed by atoms with Crippen LogP contribution in [0.2, 0.25) is 0 Å². The smallest absolute Gasteiger partial charge is 0.182 e. The van der Waals surface area contributed by atoms with Crippen molar-refractivity contribution in [2.24, 2.45) is 0 Å². The molecule has 0 bridgehead atoms. The third kappa shape index (κ3) is 2.35. The van der Waals surface area contributed by atoms with E-state index >= 15 is 0 Å². The standard InChI is InChI=1S/C19H14N6/c1-3-7-14(8-4-1)12-24-18-16(11-21-24)19-22-17(23-25(19)13-20-18)15-9-5-2-6-10-15/h1-11,13H,12H2. The maximum absolute atomic E-state index is 4.69. The van der Waals surface area contributed by atoms with Gasteiger partial charge in [0.05, 0.1) is 18.1 Å². The minimum absolute atomic E-state index is 0.674. The molecule has 5 rings (SSSR count). The summed E-state index contributed by atoms with van der Waals surface area (Å²) >= 11 is 0. The van der Waals surface area contributed by atoms with Crippen molar-refractivity contribution in [2.75, 3.05) is 0 Å². The molecular formula is C19H14N6. The van der Waals surface area contributed by atoms with Crippen molar-refractivity contribution in [3.63, 3.8) is 0 Å². The zero-order valence-electron chi connectivity index (χ0n) is 13.3. The Labute approximate surface area is 143 Å². The second-order valence-electron chi connectivity index (χ2n) is 5.84. The molecule has 0 aliphatic rings. The van der Waals surface area contributed by atoms with Gasteiger partial charge in [-0.2, -0.15) is 5.10 Å². The molecule has 0 radical (unpaired) electrons. The van der Waals surface area contributed by atoms with Gasteiger partial charge in [-0.3, -0.25) is 0 Å². The van der Waals surface area contributed by atoms with Gasteiger partial charge in [-0.25, -0.2) is 19.2 Å². The Bertz CT molecular complexity index is 1160. The largest absolute Gasteiger partial charge is 0.243 e. The van der Waals surface area contributed by atoms with E-state index in [-0.39, 0.29) is 0 Å². The lowest BCUT2D eigenvalue weighted by molar-refractivity contribution is 0.702. The molecule has 0 saturated carbocycles. The molecule has 6 nitrogen and oxygen atoms in total. The molecule has 0 aliphatic carbocycles. The number of benzene rings is 2. The Morgan fingerprint density at radius 2 is 1.60 bits per heavy atom. The van der Waals surface area contributed by atoms with Gasteiger partial charge in [-0.05, 0) is 5.56 Å². The fourth-order valence-corrected chi connectivity index (χ4v) is 2.95. The first kappa shape index (κ1) is 13.9. The first-order valence-electron chi connectivity index (χ1n) is 8.05. The predicted molar refractivity (Wildman–Crippen MR) is 95.1 cm³/mol. The van der Waals surface area contributed by atoms with E-state index in [2.05, 4.69) is 27.3 Å². The molecule has 0 amide bonds. The summed E-state index contributed by atoms with van der Waals surface area (Å²) in [7, 11) is 0. The van der Waals surface area contributed by atoms with E-state index in [1.54, 1.807) is 10.8 Å². The summed E-state index contributed by atoms with van der Waals surface area (Å²) in [5, 5.41) is 9.92. The molecule has 0 fully saturated rings. The van der Waals surface area contributed by atoms with Crippen LogP contribution in [0, 0.1) is 0 Å². The van der Waals surface area contributed by atoms with Gasteiger partial charge in [0, 0.05) is 5.56 Å². The van der Waals surface area contributed by atoms with Crippen LogP contribution in [0.4, 0.5) is 0 Å². The number of hydrogen-bond acceptors (Lipinski definition) is 4. The number of nitrogens with zero attached hydrogens (tertiary/aromatic N) is 6. The first-order valence-corrected chi connectivity index (χ1v) is 8.05. The van der Waals surface area contributed by atoms with Crippen LogP contribution in [0.25, 0.3) is 28.1 Å². The van der Waals surface area contributed by atoms with Gasteiger partial charge in [0.1, 0.15) is 6.33 Å². The first-order chi connectivity index (χ1) is 12.4. The molecule has 2 aromatic carbocycles. The van der Waals surface area contributed by atoms with Gasteiger partial charge in [-0.15, -0.1) is 5.10 Å². The molecule has 5 aromatic rings. The van der Waals surface area contributed by atoms with Crippen molar-refractivity contribution in [3.05, 3.63) is 78.8 Å². The van der Waals surface area contributed by atoms with Crippen LogP contribution in [0.1, 0.15) is 5.56 Å². The van der Waals surface area contributed by atoms with Crippen molar-refractivity contribution < 1.29 is 0 Å². The predicted octanol–water partition coefficient (Wildman–Crippen LogP) is 3.19. The summed E-state index contributed by atoms with van der Waals surface area (Å²) in [5.74, 6) is 0.686. The average Bonchev–Trinajstić information content (AvgIpc) is 3.27. The molecule has 120 valence electrons. The monoisotopic (exact) mass is 326 g/mol. The number of aromatic nitrogens is 6. The highest BCUT2D eigenvalue weighted by atomic mass is 15.3. The van der Waals surface area contributed by atoms with Crippen LogP contribution in [0.3, 0.4) is 0 Å². The molecular weight excluding hydrogens is 312 g/mol. The van der Waals surface area contributed by atoms with E-state index < -0.39 is 0 Å². The Hall–Kier alpha value is -3.54. The Kier molecular flexibility index (Phi) is 3.06. The molecule has 25 heavy (non-hydrogen) atoms. The van der Waals surface area contributed by atoms with Crippen molar-refractivity contribution in [1.29, 1.82) is 0 Å². The molecule has 0 unspecified atom stereocenters. The summed E-state index contributed by atoms with van der Waals surface area (Å²) in [6, 6.07) is 20.2. The fraction of sp³-hybridized carbons (Fsp3) is 0.0526. The minimum Gasteiger partial charge on any atom is -0.243 e. The topological polar surface area (TPSA) is 60.9 Å².